The fourth-order valence-corrected chi connectivity index (χ4v) is 2.75. The summed E-state index contributed by atoms with van der Waals surface area (Å²) < 4.78 is 5.40. The normalized spacial score (nSPS) is 19.2. The van der Waals surface area contributed by atoms with E-state index in [1.165, 1.54) is 19.4 Å². The van der Waals surface area contributed by atoms with E-state index in [0.29, 0.717) is 24.0 Å². The first-order valence-electron chi connectivity index (χ1n) is 7.83. The summed E-state index contributed by atoms with van der Waals surface area (Å²) in [5, 5.41) is 3.03. The van der Waals surface area contributed by atoms with Crippen molar-refractivity contribution in [2.45, 2.75) is 26.7 Å². The fraction of sp³-hybridized carbons (Fsp3) is 0.625. The molecule has 1 aliphatic heterocycles. The third kappa shape index (κ3) is 4.43. The molecule has 0 aliphatic carbocycles. The van der Waals surface area contributed by atoms with Crippen LogP contribution >= 0.6 is 0 Å². The summed E-state index contributed by atoms with van der Waals surface area (Å²) in [5.74, 6) is 0.853. The van der Waals surface area contributed by atoms with Crippen molar-refractivity contribution in [1.82, 2.24) is 15.2 Å². The van der Waals surface area contributed by atoms with Gasteiger partial charge >= 0.3 is 0 Å². The number of aromatic nitrogens is 1. The standard InChI is InChI=1S/C16H25N3O2/c1-3-19-10-6-7-13(12-19)11-18-15(20)14-8-5-9-17-16(14)21-4-2/h5,8-9,13H,3-4,6-7,10-12H2,1-2H3,(H,18,20). The van der Waals surface area contributed by atoms with E-state index in [1.807, 2.05) is 6.92 Å². The molecule has 2 rings (SSSR count). The molecule has 2 heterocycles. The molecule has 5 heteroatoms. The number of carbonyl (C=O) groups is 1. The Morgan fingerprint density at radius 2 is 2.38 bits per heavy atom. The molecule has 1 aromatic rings. The molecule has 5 nitrogen and oxygen atoms in total. The zero-order chi connectivity index (χ0) is 15.1. The number of nitrogens with zero attached hydrogens (tertiary/aromatic N) is 2. The lowest BCUT2D eigenvalue weighted by Gasteiger charge is -2.31. The molecular formula is C16H25N3O2. The predicted molar refractivity (Wildman–Crippen MR) is 82.6 cm³/mol. The average Bonchev–Trinajstić information content (AvgIpc) is 2.53. The van der Waals surface area contributed by atoms with Crippen molar-refractivity contribution in [2.75, 3.05) is 32.8 Å². The molecule has 0 spiro atoms. The molecule has 116 valence electrons. The summed E-state index contributed by atoms with van der Waals surface area (Å²) in [7, 11) is 0. The van der Waals surface area contributed by atoms with Gasteiger partial charge in [-0.25, -0.2) is 4.98 Å². The third-order valence-electron chi connectivity index (χ3n) is 3.90. The molecule has 1 amide bonds. The summed E-state index contributed by atoms with van der Waals surface area (Å²) in [6.45, 7) is 8.63. The van der Waals surface area contributed by atoms with Gasteiger partial charge in [-0.2, -0.15) is 0 Å². The number of nitrogens with one attached hydrogen (secondary N) is 1. The van der Waals surface area contributed by atoms with Gasteiger partial charge in [0.2, 0.25) is 5.88 Å². The van der Waals surface area contributed by atoms with Crippen LogP contribution in [0, 0.1) is 5.92 Å². The van der Waals surface area contributed by atoms with Crippen LogP contribution in [0.25, 0.3) is 0 Å². The molecule has 1 aliphatic rings. The number of hydrogen-bond acceptors (Lipinski definition) is 4. The van der Waals surface area contributed by atoms with Crippen molar-refractivity contribution in [3.05, 3.63) is 23.9 Å². The minimum absolute atomic E-state index is 0.0971. The molecule has 1 unspecified atom stereocenters. The molecule has 1 aromatic heterocycles. The summed E-state index contributed by atoms with van der Waals surface area (Å²) >= 11 is 0. The molecule has 0 bridgehead atoms. The first-order chi connectivity index (χ1) is 10.2. The molecule has 1 N–H and O–H groups in total. The molecular weight excluding hydrogens is 266 g/mol. The minimum atomic E-state index is -0.0971. The van der Waals surface area contributed by atoms with Crippen molar-refractivity contribution < 1.29 is 9.53 Å². The first-order valence-corrected chi connectivity index (χ1v) is 7.83. The predicted octanol–water partition coefficient (Wildman–Crippen LogP) is 1.94. The number of piperidine rings is 1. The highest BCUT2D eigenvalue weighted by atomic mass is 16.5. The minimum Gasteiger partial charge on any atom is -0.477 e. The average molecular weight is 291 g/mol. The molecule has 0 saturated carbocycles. The zero-order valence-electron chi connectivity index (χ0n) is 13.0. The maximum absolute atomic E-state index is 12.3. The van der Waals surface area contributed by atoms with Crippen LogP contribution in [-0.2, 0) is 0 Å². The second kappa shape index (κ2) is 7.98. The van der Waals surface area contributed by atoms with Crippen LogP contribution in [0.2, 0.25) is 0 Å². The maximum Gasteiger partial charge on any atom is 0.256 e. The molecule has 1 saturated heterocycles. The Bertz CT molecular complexity index is 465. The lowest BCUT2D eigenvalue weighted by atomic mass is 9.98. The highest BCUT2D eigenvalue weighted by Crippen LogP contribution is 2.17. The molecule has 1 atom stereocenters. The van der Waals surface area contributed by atoms with Gasteiger partial charge in [0, 0.05) is 19.3 Å². The van der Waals surface area contributed by atoms with Crippen molar-refractivity contribution in [3.8, 4) is 5.88 Å². The van der Waals surface area contributed by atoms with Gasteiger partial charge in [-0.05, 0) is 50.9 Å². The smallest absolute Gasteiger partial charge is 0.256 e. The van der Waals surface area contributed by atoms with Gasteiger partial charge < -0.3 is 15.0 Å². The van der Waals surface area contributed by atoms with Crippen LogP contribution in [0.15, 0.2) is 18.3 Å². The monoisotopic (exact) mass is 291 g/mol. The number of ether oxygens (including phenoxy) is 1. The van der Waals surface area contributed by atoms with Gasteiger partial charge in [-0.15, -0.1) is 0 Å². The lowest BCUT2D eigenvalue weighted by molar-refractivity contribution is 0.0929. The molecule has 0 aromatic carbocycles. The van der Waals surface area contributed by atoms with Crippen LogP contribution < -0.4 is 10.1 Å². The fourth-order valence-electron chi connectivity index (χ4n) is 2.75. The van der Waals surface area contributed by atoms with Gasteiger partial charge in [0.15, 0.2) is 0 Å². The molecule has 1 fully saturated rings. The van der Waals surface area contributed by atoms with Crippen molar-refractivity contribution in [1.29, 1.82) is 0 Å². The Morgan fingerprint density at radius 1 is 1.52 bits per heavy atom. The number of likely N-dealkylation sites (tertiary alicyclic amines) is 1. The van der Waals surface area contributed by atoms with Crippen LogP contribution in [0.5, 0.6) is 5.88 Å². The van der Waals surface area contributed by atoms with E-state index in [4.69, 9.17) is 4.74 Å². The highest BCUT2D eigenvalue weighted by molar-refractivity contribution is 5.96. The summed E-state index contributed by atoms with van der Waals surface area (Å²) in [4.78, 5) is 18.8. The summed E-state index contributed by atoms with van der Waals surface area (Å²) in [5.41, 5.74) is 0.516. The third-order valence-corrected chi connectivity index (χ3v) is 3.90. The van der Waals surface area contributed by atoms with Crippen LogP contribution in [-0.4, -0.2) is 48.6 Å². The van der Waals surface area contributed by atoms with E-state index >= 15 is 0 Å². The van der Waals surface area contributed by atoms with Gasteiger partial charge in [0.1, 0.15) is 5.56 Å². The summed E-state index contributed by atoms with van der Waals surface area (Å²) in [6.07, 6.45) is 4.04. The molecule has 21 heavy (non-hydrogen) atoms. The Kier molecular flexibility index (Phi) is 5.99. The quantitative estimate of drug-likeness (QED) is 0.870. The largest absolute Gasteiger partial charge is 0.477 e. The van der Waals surface area contributed by atoms with Gasteiger partial charge in [0.25, 0.3) is 5.91 Å². The van der Waals surface area contributed by atoms with E-state index in [2.05, 4.69) is 22.1 Å². The summed E-state index contributed by atoms with van der Waals surface area (Å²) in [6, 6.07) is 3.52. The SMILES string of the molecule is CCOc1ncccc1C(=O)NCC1CCCN(CC)C1. The lowest BCUT2D eigenvalue weighted by Crippen LogP contribution is -2.40. The van der Waals surface area contributed by atoms with Crippen molar-refractivity contribution in [3.63, 3.8) is 0 Å². The van der Waals surface area contributed by atoms with Crippen LogP contribution in [0.3, 0.4) is 0 Å². The van der Waals surface area contributed by atoms with Gasteiger partial charge in [0.05, 0.1) is 6.61 Å². The van der Waals surface area contributed by atoms with E-state index < -0.39 is 0 Å². The van der Waals surface area contributed by atoms with E-state index in [-0.39, 0.29) is 5.91 Å². The van der Waals surface area contributed by atoms with Crippen LogP contribution in [0.1, 0.15) is 37.0 Å². The van der Waals surface area contributed by atoms with E-state index in [0.717, 1.165) is 19.6 Å². The first kappa shape index (κ1) is 15.8. The zero-order valence-corrected chi connectivity index (χ0v) is 13.0. The van der Waals surface area contributed by atoms with Crippen LogP contribution in [0.4, 0.5) is 0 Å². The molecule has 0 radical (unpaired) electrons. The van der Waals surface area contributed by atoms with E-state index in [1.54, 1.807) is 18.3 Å². The Labute approximate surface area is 126 Å². The number of pyridine rings is 1. The Balaban J connectivity index is 1.90. The number of carbonyl (C=O) groups excluding carboxylic acids is 1. The Hall–Kier alpha value is -1.62. The maximum atomic E-state index is 12.3. The van der Waals surface area contributed by atoms with Gasteiger partial charge in [-0.1, -0.05) is 6.92 Å². The second-order valence-electron chi connectivity index (χ2n) is 5.40. The van der Waals surface area contributed by atoms with Crippen molar-refractivity contribution in [2.24, 2.45) is 5.92 Å². The topological polar surface area (TPSA) is 54.5 Å². The van der Waals surface area contributed by atoms with Gasteiger partial charge in [-0.3, -0.25) is 4.79 Å². The number of rotatable bonds is 6. The number of amides is 1. The number of hydrogen-bond donors (Lipinski definition) is 1. The van der Waals surface area contributed by atoms with E-state index in [9.17, 15) is 4.79 Å². The van der Waals surface area contributed by atoms with Crippen molar-refractivity contribution >= 4 is 5.91 Å². The second-order valence-corrected chi connectivity index (χ2v) is 5.40. The Morgan fingerprint density at radius 3 is 3.14 bits per heavy atom. The highest BCUT2D eigenvalue weighted by Gasteiger charge is 2.20.